The van der Waals surface area contributed by atoms with E-state index in [2.05, 4.69) is 27.8 Å². The van der Waals surface area contributed by atoms with Crippen molar-refractivity contribution in [1.29, 1.82) is 0 Å². The fourth-order valence-electron chi connectivity index (χ4n) is 2.74. The normalized spacial score (nSPS) is 14.6. The molecule has 1 aliphatic heterocycles. The van der Waals surface area contributed by atoms with Crippen LogP contribution < -0.4 is 9.47 Å². The second kappa shape index (κ2) is 10.3. The number of esters is 1. The summed E-state index contributed by atoms with van der Waals surface area (Å²) in [5.41, 5.74) is 1.37. The van der Waals surface area contributed by atoms with E-state index in [1.807, 2.05) is 13.0 Å². The fraction of sp³-hybridized carbons (Fsp3) is 0.273. The Morgan fingerprint density at radius 2 is 1.97 bits per heavy atom. The molecule has 0 atom stereocenters. The Hall–Kier alpha value is -2.02. The largest absolute Gasteiger partial charge is 0.490 e. The van der Waals surface area contributed by atoms with Crippen LogP contribution in [0.25, 0.3) is 6.08 Å². The molecule has 0 radical (unpaired) electrons. The number of halogens is 3. The van der Waals surface area contributed by atoms with Crippen LogP contribution in [-0.4, -0.2) is 25.1 Å². The zero-order chi connectivity index (χ0) is 21.7. The van der Waals surface area contributed by atoms with Crippen LogP contribution in [0.15, 0.2) is 45.5 Å². The SMILES string of the molecule is CCCCOc1c(Br)cc(/C=C2\N=C(c3ccc(Cl)cc3Cl)OC2=O)cc1OCC. The summed E-state index contributed by atoms with van der Waals surface area (Å²) in [6.45, 7) is 5.08. The smallest absolute Gasteiger partial charge is 0.363 e. The number of aliphatic imine (C=N–C) groups is 1. The van der Waals surface area contributed by atoms with Gasteiger partial charge >= 0.3 is 5.97 Å². The maximum atomic E-state index is 12.3. The Balaban J connectivity index is 1.93. The third-order valence-electron chi connectivity index (χ3n) is 4.16. The second-order valence-electron chi connectivity index (χ2n) is 6.43. The maximum Gasteiger partial charge on any atom is 0.363 e. The summed E-state index contributed by atoms with van der Waals surface area (Å²) in [6, 6.07) is 8.53. The third kappa shape index (κ3) is 5.36. The van der Waals surface area contributed by atoms with Gasteiger partial charge in [0.15, 0.2) is 17.2 Å². The summed E-state index contributed by atoms with van der Waals surface area (Å²) in [5, 5.41) is 0.837. The van der Waals surface area contributed by atoms with Gasteiger partial charge in [0.25, 0.3) is 0 Å². The van der Waals surface area contributed by atoms with Crippen molar-refractivity contribution in [2.45, 2.75) is 26.7 Å². The minimum atomic E-state index is -0.562. The summed E-state index contributed by atoms with van der Waals surface area (Å²) in [7, 11) is 0. The lowest BCUT2D eigenvalue weighted by molar-refractivity contribution is -0.129. The van der Waals surface area contributed by atoms with E-state index in [1.54, 1.807) is 30.3 Å². The Kier molecular flexibility index (Phi) is 7.81. The molecule has 0 spiro atoms. The van der Waals surface area contributed by atoms with Crippen LogP contribution in [0.4, 0.5) is 0 Å². The zero-order valence-corrected chi connectivity index (χ0v) is 19.6. The minimum absolute atomic E-state index is 0.136. The molecule has 2 aromatic carbocycles. The van der Waals surface area contributed by atoms with E-state index in [1.165, 1.54) is 0 Å². The van der Waals surface area contributed by atoms with E-state index in [0.29, 0.717) is 45.9 Å². The molecule has 5 nitrogen and oxygen atoms in total. The van der Waals surface area contributed by atoms with Crippen molar-refractivity contribution in [3.05, 3.63) is 61.7 Å². The first-order valence-corrected chi connectivity index (χ1v) is 11.0. The molecular formula is C22H20BrCl2NO4. The first-order chi connectivity index (χ1) is 14.4. The molecule has 0 fully saturated rings. The Bertz CT molecular complexity index is 1020. The summed E-state index contributed by atoms with van der Waals surface area (Å²) >= 11 is 15.7. The number of ether oxygens (including phenoxy) is 3. The van der Waals surface area contributed by atoms with Crippen molar-refractivity contribution in [2.24, 2.45) is 4.99 Å². The lowest BCUT2D eigenvalue weighted by Gasteiger charge is -2.14. The molecular weight excluding hydrogens is 493 g/mol. The molecule has 1 heterocycles. The number of hydrogen-bond donors (Lipinski definition) is 0. The van der Waals surface area contributed by atoms with Gasteiger partial charge in [-0.2, -0.15) is 0 Å². The van der Waals surface area contributed by atoms with Crippen LogP contribution in [0.2, 0.25) is 10.0 Å². The average molecular weight is 513 g/mol. The lowest BCUT2D eigenvalue weighted by Crippen LogP contribution is -2.06. The van der Waals surface area contributed by atoms with Crippen LogP contribution in [0.1, 0.15) is 37.8 Å². The number of hydrogen-bond acceptors (Lipinski definition) is 5. The summed E-state index contributed by atoms with van der Waals surface area (Å²) in [5.74, 6) is 0.801. The van der Waals surface area contributed by atoms with Crippen LogP contribution in [-0.2, 0) is 9.53 Å². The molecule has 2 aromatic rings. The van der Waals surface area contributed by atoms with Gasteiger partial charge in [0.2, 0.25) is 5.90 Å². The van der Waals surface area contributed by atoms with E-state index in [0.717, 1.165) is 17.3 Å². The highest BCUT2D eigenvalue weighted by Gasteiger charge is 2.26. The van der Waals surface area contributed by atoms with Gasteiger partial charge in [-0.25, -0.2) is 9.79 Å². The number of nitrogens with zero attached hydrogens (tertiary/aromatic N) is 1. The summed E-state index contributed by atoms with van der Waals surface area (Å²) in [6.07, 6.45) is 3.61. The Morgan fingerprint density at radius 1 is 1.17 bits per heavy atom. The number of unbranched alkanes of at least 4 members (excludes halogenated alkanes) is 1. The predicted octanol–water partition coefficient (Wildman–Crippen LogP) is 6.68. The van der Waals surface area contributed by atoms with Gasteiger partial charge in [-0.15, -0.1) is 0 Å². The molecule has 0 saturated carbocycles. The summed E-state index contributed by atoms with van der Waals surface area (Å²) in [4.78, 5) is 16.6. The van der Waals surface area contributed by atoms with Gasteiger partial charge < -0.3 is 14.2 Å². The number of carbonyl (C=O) groups excluding carboxylic acids is 1. The van der Waals surface area contributed by atoms with Gasteiger partial charge in [0.05, 0.1) is 28.3 Å². The molecule has 0 unspecified atom stereocenters. The molecule has 0 aliphatic carbocycles. The van der Waals surface area contributed by atoms with Crippen molar-refractivity contribution in [3.8, 4) is 11.5 Å². The second-order valence-corrected chi connectivity index (χ2v) is 8.12. The molecule has 1 aliphatic rings. The topological polar surface area (TPSA) is 57.1 Å². The van der Waals surface area contributed by atoms with Crippen molar-refractivity contribution in [3.63, 3.8) is 0 Å². The monoisotopic (exact) mass is 511 g/mol. The van der Waals surface area contributed by atoms with Gasteiger partial charge in [-0.3, -0.25) is 0 Å². The van der Waals surface area contributed by atoms with Crippen molar-refractivity contribution in [2.75, 3.05) is 13.2 Å². The number of rotatable bonds is 8. The molecule has 0 saturated heterocycles. The highest BCUT2D eigenvalue weighted by Crippen LogP contribution is 2.38. The van der Waals surface area contributed by atoms with Gasteiger partial charge in [-0.1, -0.05) is 36.5 Å². The van der Waals surface area contributed by atoms with Gasteiger partial charge in [0, 0.05) is 5.02 Å². The first kappa shape index (κ1) is 22.7. The third-order valence-corrected chi connectivity index (χ3v) is 5.30. The lowest BCUT2D eigenvalue weighted by atomic mass is 10.1. The minimum Gasteiger partial charge on any atom is -0.490 e. The van der Waals surface area contributed by atoms with Gasteiger partial charge in [-0.05, 0) is 71.2 Å². The van der Waals surface area contributed by atoms with E-state index in [4.69, 9.17) is 37.4 Å². The number of carbonyl (C=O) groups is 1. The van der Waals surface area contributed by atoms with Crippen molar-refractivity contribution < 1.29 is 19.0 Å². The van der Waals surface area contributed by atoms with Crippen LogP contribution >= 0.6 is 39.1 Å². The maximum absolute atomic E-state index is 12.3. The van der Waals surface area contributed by atoms with E-state index in [-0.39, 0.29) is 11.6 Å². The molecule has 0 bridgehead atoms. The molecule has 30 heavy (non-hydrogen) atoms. The Labute approximate surface area is 193 Å². The van der Waals surface area contributed by atoms with Crippen molar-refractivity contribution >= 4 is 57.1 Å². The molecule has 3 rings (SSSR count). The van der Waals surface area contributed by atoms with Crippen LogP contribution in [0.5, 0.6) is 11.5 Å². The molecule has 0 N–H and O–H groups in total. The molecule has 8 heteroatoms. The molecule has 158 valence electrons. The standard InChI is InChI=1S/C22H20BrCl2NO4/c1-3-5-8-29-20-16(23)9-13(11-19(20)28-4-2)10-18-22(27)30-21(26-18)15-7-6-14(24)12-17(15)25/h6-7,9-12H,3-5,8H2,1-2H3/b18-10-. The van der Waals surface area contributed by atoms with Crippen molar-refractivity contribution in [1.82, 2.24) is 0 Å². The van der Waals surface area contributed by atoms with Crippen LogP contribution in [0.3, 0.4) is 0 Å². The Morgan fingerprint density at radius 3 is 2.67 bits per heavy atom. The number of benzene rings is 2. The first-order valence-electron chi connectivity index (χ1n) is 9.50. The zero-order valence-electron chi connectivity index (χ0n) is 16.5. The van der Waals surface area contributed by atoms with Crippen LogP contribution in [0, 0.1) is 0 Å². The average Bonchev–Trinajstić information content (AvgIpc) is 3.04. The van der Waals surface area contributed by atoms with E-state index < -0.39 is 5.97 Å². The van der Waals surface area contributed by atoms with Gasteiger partial charge in [0.1, 0.15) is 0 Å². The van der Waals surface area contributed by atoms with E-state index in [9.17, 15) is 4.79 Å². The molecule has 0 amide bonds. The fourth-order valence-corrected chi connectivity index (χ4v) is 3.80. The summed E-state index contributed by atoms with van der Waals surface area (Å²) < 4.78 is 17.6. The van der Waals surface area contributed by atoms with E-state index >= 15 is 0 Å². The highest BCUT2D eigenvalue weighted by atomic mass is 79.9. The predicted molar refractivity (Wildman–Crippen MR) is 123 cm³/mol. The molecule has 0 aromatic heterocycles. The number of cyclic esters (lactones) is 1. The quantitative estimate of drug-likeness (QED) is 0.225. The highest BCUT2D eigenvalue weighted by molar-refractivity contribution is 9.10.